The Morgan fingerprint density at radius 1 is 1.29 bits per heavy atom. The SMILES string of the molecule is Cc1cccc(C)c1OCCCN1CCO[C@H](c2nncn2C)C1. The molecule has 0 saturated carbocycles. The second kappa shape index (κ2) is 7.77. The van der Waals surface area contributed by atoms with Gasteiger partial charge in [0, 0.05) is 26.7 Å². The molecule has 1 aliphatic rings. The van der Waals surface area contributed by atoms with Gasteiger partial charge < -0.3 is 14.0 Å². The Kier molecular flexibility index (Phi) is 5.48. The molecule has 6 nitrogen and oxygen atoms in total. The molecule has 1 aromatic carbocycles. The van der Waals surface area contributed by atoms with Crippen LogP contribution in [0, 0.1) is 13.8 Å². The van der Waals surface area contributed by atoms with Gasteiger partial charge in [-0.05, 0) is 31.4 Å². The summed E-state index contributed by atoms with van der Waals surface area (Å²) in [5.74, 6) is 1.92. The molecule has 1 fully saturated rings. The molecule has 0 unspecified atom stereocenters. The number of nitrogens with zero attached hydrogens (tertiary/aromatic N) is 4. The maximum Gasteiger partial charge on any atom is 0.163 e. The fraction of sp³-hybridized carbons (Fsp3) is 0.556. The molecule has 3 rings (SSSR count). The fourth-order valence-electron chi connectivity index (χ4n) is 3.13. The summed E-state index contributed by atoms with van der Waals surface area (Å²) in [4.78, 5) is 2.41. The first-order valence-corrected chi connectivity index (χ1v) is 8.52. The number of para-hydroxylation sites is 1. The van der Waals surface area contributed by atoms with Crippen molar-refractivity contribution >= 4 is 0 Å². The molecule has 24 heavy (non-hydrogen) atoms. The highest BCUT2D eigenvalue weighted by Gasteiger charge is 2.25. The zero-order chi connectivity index (χ0) is 16.9. The topological polar surface area (TPSA) is 52.4 Å². The van der Waals surface area contributed by atoms with Gasteiger partial charge in [0.05, 0.1) is 13.2 Å². The van der Waals surface area contributed by atoms with Crippen LogP contribution < -0.4 is 4.74 Å². The number of ether oxygens (including phenoxy) is 2. The lowest BCUT2D eigenvalue weighted by atomic mass is 10.1. The highest BCUT2D eigenvalue weighted by molar-refractivity contribution is 5.39. The van der Waals surface area contributed by atoms with Crippen LogP contribution in [0.1, 0.15) is 29.5 Å². The van der Waals surface area contributed by atoms with E-state index in [0.29, 0.717) is 0 Å². The Morgan fingerprint density at radius 3 is 2.79 bits per heavy atom. The minimum absolute atomic E-state index is 0.00535. The fourth-order valence-corrected chi connectivity index (χ4v) is 3.13. The highest BCUT2D eigenvalue weighted by Crippen LogP contribution is 2.23. The summed E-state index contributed by atoms with van der Waals surface area (Å²) < 4.78 is 13.8. The number of rotatable bonds is 6. The molecular weight excluding hydrogens is 304 g/mol. The lowest BCUT2D eigenvalue weighted by molar-refractivity contribution is -0.0366. The molecular formula is C18H26N4O2. The van der Waals surface area contributed by atoms with Crippen LogP contribution >= 0.6 is 0 Å². The van der Waals surface area contributed by atoms with Crippen LogP contribution in [0.4, 0.5) is 0 Å². The molecule has 1 atom stereocenters. The average Bonchev–Trinajstić information content (AvgIpc) is 3.00. The first-order valence-electron chi connectivity index (χ1n) is 8.52. The van der Waals surface area contributed by atoms with Crippen molar-refractivity contribution in [1.82, 2.24) is 19.7 Å². The van der Waals surface area contributed by atoms with Gasteiger partial charge in [0.2, 0.25) is 0 Å². The normalized spacial score (nSPS) is 18.7. The molecule has 0 amide bonds. The molecule has 0 spiro atoms. The first kappa shape index (κ1) is 16.9. The van der Waals surface area contributed by atoms with Crippen molar-refractivity contribution in [3.05, 3.63) is 41.5 Å². The van der Waals surface area contributed by atoms with E-state index in [1.165, 1.54) is 11.1 Å². The third kappa shape index (κ3) is 3.94. The van der Waals surface area contributed by atoms with E-state index in [4.69, 9.17) is 9.47 Å². The van der Waals surface area contributed by atoms with Gasteiger partial charge in [0.25, 0.3) is 0 Å². The highest BCUT2D eigenvalue weighted by atomic mass is 16.5. The Hall–Kier alpha value is -1.92. The van der Waals surface area contributed by atoms with Gasteiger partial charge in [-0.15, -0.1) is 10.2 Å². The number of benzene rings is 1. The van der Waals surface area contributed by atoms with Crippen molar-refractivity contribution in [3.8, 4) is 5.75 Å². The third-order valence-electron chi connectivity index (χ3n) is 4.46. The molecule has 2 aromatic rings. The van der Waals surface area contributed by atoms with Crippen LogP contribution in [0.25, 0.3) is 0 Å². The molecule has 6 heteroatoms. The molecule has 0 bridgehead atoms. The molecule has 0 N–H and O–H groups in total. The van der Waals surface area contributed by atoms with E-state index in [0.717, 1.165) is 50.8 Å². The largest absolute Gasteiger partial charge is 0.493 e. The lowest BCUT2D eigenvalue weighted by Crippen LogP contribution is -2.40. The second-order valence-corrected chi connectivity index (χ2v) is 6.38. The number of hydrogen-bond donors (Lipinski definition) is 0. The van der Waals surface area contributed by atoms with Gasteiger partial charge in [0.1, 0.15) is 18.2 Å². The summed E-state index contributed by atoms with van der Waals surface area (Å²) in [6, 6.07) is 6.25. The van der Waals surface area contributed by atoms with E-state index in [2.05, 4.69) is 47.1 Å². The summed E-state index contributed by atoms with van der Waals surface area (Å²) >= 11 is 0. The van der Waals surface area contributed by atoms with Crippen LogP contribution in [-0.4, -0.2) is 52.5 Å². The summed E-state index contributed by atoms with van der Waals surface area (Å²) in [6.45, 7) is 8.47. The van der Waals surface area contributed by atoms with E-state index in [-0.39, 0.29) is 6.10 Å². The third-order valence-corrected chi connectivity index (χ3v) is 4.46. The van der Waals surface area contributed by atoms with Crippen molar-refractivity contribution in [3.63, 3.8) is 0 Å². The molecule has 1 saturated heterocycles. The number of hydrogen-bond acceptors (Lipinski definition) is 5. The van der Waals surface area contributed by atoms with Crippen LogP contribution in [0.5, 0.6) is 5.75 Å². The molecule has 1 aromatic heterocycles. The molecule has 0 radical (unpaired) electrons. The predicted molar refractivity (Wildman–Crippen MR) is 92.2 cm³/mol. The van der Waals surface area contributed by atoms with E-state index in [1.807, 2.05) is 11.6 Å². The minimum atomic E-state index is 0.00535. The quantitative estimate of drug-likeness (QED) is 0.761. The van der Waals surface area contributed by atoms with Crippen molar-refractivity contribution in [2.24, 2.45) is 7.05 Å². The number of aryl methyl sites for hydroxylation is 3. The first-order chi connectivity index (χ1) is 11.6. The zero-order valence-corrected chi connectivity index (χ0v) is 14.7. The Morgan fingerprint density at radius 2 is 2.08 bits per heavy atom. The second-order valence-electron chi connectivity index (χ2n) is 6.38. The Labute approximate surface area is 143 Å². The van der Waals surface area contributed by atoms with Crippen LogP contribution in [0.2, 0.25) is 0 Å². The zero-order valence-electron chi connectivity index (χ0n) is 14.7. The summed E-state index contributed by atoms with van der Waals surface area (Å²) in [5, 5.41) is 8.11. The van der Waals surface area contributed by atoms with Gasteiger partial charge in [-0.1, -0.05) is 18.2 Å². The maximum atomic E-state index is 5.99. The van der Waals surface area contributed by atoms with Crippen LogP contribution in [0.3, 0.4) is 0 Å². The Balaban J connectivity index is 1.46. The standard InChI is InChI=1S/C18H26N4O2/c1-14-6-4-7-15(2)17(14)24-10-5-8-22-9-11-23-16(12-22)18-20-19-13-21(18)3/h4,6-7,13,16H,5,8-12H2,1-3H3/t16-/m0/s1. The van der Waals surface area contributed by atoms with Crippen molar-refractivity contribution < 1.29 is 9.47 Å². The summed E-state index contributed by atoms with van der Waals surface area (Å²) in [5.41, 5.74) is 2.40. The van der Waals surface area contributed by atoms with Crippen molar-refractivity contribution in [1.29, 1.82) is 0 Å². The maximum absolute atomic E-state index is 5.99. The number of morpholine rings is 1. The van der Waals surface area contributed by atoms with Crippen molar-refractivity contribution in [2.75, 3.05) is 32.8 Å². The predicted octanol–water partition coefficient (Wildman–Crippen LogP) is 2.27. The average molecular weight is 330 g/mol. The van der Waals surface area contributed by atoms with Gasteiger partial charge >= 0.3 is 0 Å². The van der Waals surface area contributed by atoms with Gasteiger partial charge in [0.15, 0.2) is 5.82 Å². The van der Waals surface area contributed by atoms with Crippen LogP contribution in [-0.2, 0) is 11.8 Å². The molecule has 130 valence electrons. The van der Waals surface area contributed by atoms with E-state index < -0.39 is 0 Å². The number of aromatic nitrogens is 3. The summed E-state index contributed by atoms with van der Waals surface area (Å²) in [7, 11) is 1.95. The summed E-state index contributed by atoms with van der Waals surface area (Å²) in [6.07, 6.45) is 2.72. The minimum Gasteiger partial charge on any atom is -0.493 e. The Bertz CT molecular complexity index is 651. The molecule has 0 aliphatic carbocycles. The van der Waals surface area contributed by atoms with Crippen LogP contribution in [0.15, 0.2) is 24.5 Å². The van der Waals surface area contributed by atoms with Gasteiger partial charge in [-0.3, -0.25) is 4.90 Å². The monoisotopic (exact) mass is 330 g/mol. The smallest absolute Gasteiger partial charge is 0.163 e. The van der Waals surface area contributed by atoms with E-state index >= 15 is 0 Å². The van der Waals surface area contributed by atoms with Gasteiger partial charge in [-0.2, -0.15) is 0 Å². The molecule has 2 heterocycles. The lowest BCUT2D eigenvalue weighted by Gasteiger charge is -2.32. The van der Waals surface area contributed by atoms with E-state index in [1.54, 1.807) is 6.33 Å². The van der Waals surface area contributed by atoms with Gasteiger partial charge in [-0.25, -0.2) is 0 Å². The van der Waals surface area contributed by atoms with Crippen molar-refractivity contribution in [2.45, 2.75) is 26.4 Å². The molecule has 1 aliphatic heterocycles. The van der Waals surface area contributed by atoms with E-state index in [9.17, 15) is 0 Å².